The molecule has 30 heavy (non-hydrogen) atoms. The summed E-state index contributed by atoms with van der Waals surface area (Å²) in [6.07, 6.45) is 0. The number of nitrogens with one attached hydrogen (secondary N) is 1. The van der Waals surface area contributed by atoms with Gasteiger partial charge in [0.2, 0.25) is 11.2 Å². The van der Waals surface area contributed by atoms with Gasteiger partial charge in [0.25, 0.3) is 5.91 Å². The maximum absolute atomic E-state index is 13.2. The number of rotatable bonds is 5. The summed E-state index contributed by atoms with van der Waals surface area (Å²) in [5.41, 5.74) is 2.42. The zero-order valence-corrected chi connectivity index (χ0v) is 17.7. The number of carbonyl (C=O) groups excluding carboxylic acids is 1. The average molecular weight is 464 g/mol. The van der Waals surface area contributed by atoms with Crippen molar-refractivity contribution < 1.29 is 13.9 Å². The molecule has 150 valence electrons. The third-order valence-electron chi connectivity index (χ3n) is 4.52. The molecule has 0 saturated carbocycles. The van der Waals surface area contributed by atoms with Crippen LogP contribution in [0.5, 0.6) is 5.75 Å². The van der Waals surface area contributed by atoms with Crippen LogP contribution in [0.25, 0.3) is 22.3 Å². The molecule has 0 radical (unpaired) electrons. The van der Waals surface area contributed by atoms with E-state index in [1.54, 1.807) is 24.3 Å². The van der Waals surface area contributed by atoms with Crippen LogP contribution >= 0.6 is 15.9 Å². The minimum atomic E-state index is -0.375. The summed E-state index contributed by atoms with van der Waals surface area (Å²) in [7, 11) is 0. The first-order chi connectivity index (χ1) is 14.5. The minimum absolute atomic E-state index is 0.0188. The van der Waals surface area contributed by atoms with Crippen LogP contribution in [0.15, 0.2) is 86.5 Å². The lowest BCUT2D eigenvalue weighted by Crippen LogP contribution is -2.22. The second-order valence-corrected chi connectivity index (χ2v) is 7.71. The molecule has 1 N–H and O–H groups in total. The van der Waals surface area contributed by atoms with Gasteiger partial charge in [-0.25, -0.2) is 0 Å². The summed E-state index contributed by atoms with van der Waals surface area (Å²) >= 11 is 3.35. The number of aryl methyl sites for hydroxylation is 1. The third kappa shape index (κ3) is 4.28. The van der Waals surface area contributed by atoms with Crippen LogP contribution in [0.3, 0.4) is 0 Å². The Kier molecular flexibility index (Phi) is 5.68. The lowest BCUT2D eigenvalue weighted by molar-refractivity contribution is -0.118. The van der Waals surface area contributed by atoms with Gasteiger partial charge >= 0.3 is 0 Å². The van der Waals surface area contributed by atoms with Crippen LogP contribution in [0.4, 0.5) is 5.69 Å². The van der Waals surface area contributed by atoms with Crippen molar-refractivity contribution in [2.24, 2.45) is 0 Å². The van der Waals surface area contributed by atoms with Crippen molar-refractivity contribution in [3.8, 4) is 17.1 Å². The van der Waals surface area contributed by atoms with Crippen LogP contribution in [-0.2, 0) is 4.79 Å². The number of fused-ring (bicyclic) bond motifs is 1. The molecular weight excluding hydrogens is 446 g/mol. The van der Waals surface area contributed by atoms with E-state index in [-0.39, 0.29) is 23.7 Å². The lowest BCUT2D eigenvalue weighted by atomic mass is 10.1. The molecule has 5 nitrogen and oxygen atoms in total. The molecule has 0 bridgehead atoms. The van der Waals surface area contributed by atoms with E-state index in [1.807, 2.05) is 55.5 Å². The van der Waals surface area contributed by atoms with Gasteiger partial charge in [-0.3, -0.25) is 9.59 Å². The average Bonchev–Trinajstić information content (AvgIpc) is 2.75. The maximum atomic E-state index is 13.2. The topological polar surface area (TPSA) is 68.5 Å². The zero-order valence-electron chi connectivity index (χ0n) is 16.1. The first kappa shape index (κ1) is 19.9. The normalized spacial score (nSPS) is 10.7. The number of hydrogen-bond donors (Lipinski definition) is 1. The van der Waals surface area contributed by atoms with Crippen LogP contribution < -0.4 is 15.5 Å². The number of amides is 1. The quantitative estimate of drug-likeness (QED) is 0.421. The van der Waals surface area contributed by atoms with Gasteiger partial charge in [-0.2, -0.15) is 0 Å². The van der Waals surface area contributed by atoms with Gasteiger partial charge in [0.05, 0.1) is 5.39 Å². The molecule has 0 spiro atoms. The molecule has 0 aliphatic heterocycles. The molecule has 1 heterocycles. The molecule has 3 aromatic carbocycles. The molecule has 0 saturated heterocycles. The van der Waals surface area contributed by atoms with E-state index >= 15 is 0 Å². The summed E-state index contributed by atoms with van der Waals surface area (Å²) in [6, 6.07) is 21.8. The summed E-state index contributed by atoms with van der Waals surface area (Å²) in [4.78, 5) is 25.5. The number of carbonyl (C=O) groups is 1. The van der Waals surface area contributed by atoms with E-state index < -0.39 is 0 Å². The van der Waals surface area contributed by atoms with Crippen LogP contribution in [0.1, 0.15) is 5.56 Å². The van der Waals surface area contributed by atoms with Crippen molar-refractivity contribution in [1.82, 2.24) is 0 Å². The summed E-state index contributed by atoms with van der Waals surface area (Å²) < 4.78 is 12.6. The Balaban J connectivity index is 1.67. The second-order valence-electron chi connectivity index (χ2n) is 6.80. The molecule has 4 aromatic rings. The lowest BCUT2D eigenvalue weighted by Gasteiger charge is -2.12. The standard InChI is InChI=1S/C24H18BrNO4/c1-15-7-12-20-19(13-15)22(28)24(23(30-20)16-5-3-2-4-6-16)29-14-21(27)26-18-10-8-17(25)9-11-18/h2-13H,14H2,1H3,(H,26,27). The number of hydrogen-bond acceptors (Lipinski definition) is 4. The van der Waals surface area contributed by atoms with Gasteiger partial charge < -0.3 is 14.5 Å². The fourth-order valence-corrected chi connectivity index (χ4v) is 3.33. The smallest absolute Gasteiger partial charge is 0.262 e. The summed E-state index contributed by atoms with van der Waals surface area (Å²) in [5, 5.41) is 3.16. The molecule has 0 unspecified atom stereocenters. The maximum Gasteiger partial charge on any atom is 0.262 e. The van der Waals surface area contributed by atoms with Crippen molar-refractivity contribution in [3.63, 3.8) is 0 Å². The first-order valence-electron chi connectivity index (χ1n) is 9.32. The molecule has 4 rings (SSSR count). The van der Waals surface area contributed by atoms with E-state index in [9.17, 15) is 9.59 Å². The van der Waals surface area contributed by atoms with Crippen LogP contribution in [0, 0.1) is 6.92 Å². The van der Waals surface area contributed by atoms with E-state index in [0.29, 0.717) is 28.0 Å². The van der Waals surface area contributed by atoms with Crippen molar-refractivity contribution in [3.05, 3.63) is 93.1 Å². The summed E-state index contributed by atoms with van der Waals surface area (Å²) in [5.74, 6) is -0.0567. The van der Waals surface area contributed by atoms with Crippen molar-refractivity contribution in [2.75, 3.05) is 11.9 Å². The number of anilines is 1. The Bertz CT molecular complexity index is 1260. The predicted molar refractivity (Wildman–Crippen MR) is 121 cm³/mol. The van der Waals surface area contributed by atoms with Crippen LogP contribution in [-0.4, -0.2) is 12.5 Å². The van der Waals surface area contributed by atoms with Gasteiger partial charge in [0.1, 0.15) is 5.58 Å². The Labute approximate surface area is 181 Å². The van der Waals surface area contributed by atoms with Gasteiger partial charge in [-0.15, -0.1) is 0 Å². The molecular formula is C24H18BrNO4. The number of halogens is 1. The molecule has 1 amide bonds. The van der Waals surface area contributed by atoms with Crippen molar-refractivity contribution in [2.45, 2.75) is 6.92 Å². The monoisotopic (exact) mass is 463 g/mol. The summed E-state index contributed by atoms with van der Waals surface area (Å²) in [6.45, 7) is 1.58. The highest BCUT2D eigenvalue weighted by Gasteiger charge is 2.19. The zero-order chi connectivity index (χ0) is 21.1. The first-order valence-corrected chi connectivity index (χ1v) is 10.1. The van der Waals surface area contributed by atoms with E-state index in [2.05, 4.69) is 21.2 Å². The largest absolute Gasteiger partial charge is 0.476 e. The predicted octanol–water partition coefficient (Wildman–Crippen LogP) is 5.55. The van der Waals surface area contributed by atoms with Crippen LogP contribution in [0.2, 0.25) is 0 Å². The number of ether oxygens (including phenoxy) is 1. The van der Waals surface area contributed by atoms with E-state index in [0.717, 1.165) is 10.0 Å². The van der Waals surface area contributed by atoms with E-state index in [4.69, 9.17) is 9.15 Å². The molecule has 0 atom stereocenters. The highest BCUT2D eigenvalue weighted by molar-refractivity contribution is 9.10. The Morgan fingerprint density at radius 3 is 2.50 bits per heavy atom. The molecule has 0 fully saturated rings. The SMILES string of the molecule is Cc1ccc2oc(-c3ccccc3)c(OCC(=O)Nc3ccc(Br)cc3)c(=O)c2c1. The fraction of sp³-hybridized carbons (Fsp3) is 0.0833. The van der Waals surface area contributed by atoms with Crippen molar-refractivity contribution in [1.29, 1.82) is 0 Å². The van der Waals surface area contributed by atoms with Gasteiger partial charge in [0, 0.05) is 15.7 Å². The minimum Gasteiger partial charge on any atom is -0.476 e. The molecule has 6 heteroatoms. The molecule has 0 aliphatic rings. The van der Waals surface area contributed by atoms with Gasteiger partial charge in [0.15, 0.2) is 12.4 Å². The molecule has 0 aliphatic carbocycles. The second kappa shape index (κ2) is 8.55. The van der Waals surface area contributed by atoms with E-state index in [1.165, 1.54) is 0 Å². The van der Waals surface area contributed by atoms with Crippen molar-refractivity contribution >= 4 is 38.5 Å². The Morgan fingerprint density at radius 2 is 1.77 bits per heavy atom. The highest BCUT2D eigenvalue weighted by atomic mass is 79.9. The third-order valence-corrected chi connectivity index (χ3v) is 5.04. The van der Waals surface area contributed by atoms with Gasteiger partial charge in [-0.05, 0) is 43.3 Å². The highest BCUT2D eigenvalue weighted by Crippen LogP contribution is 2.31. The molecule has 1 aromatic heterocycles. The van der Waals surface area contributed by atoms with Gasteiger partial charge in [-0.1, -0.05) is 57.9 Å². The Morgan fingerprint density at radius 1 is 1.03 bits per heavy atom. The Hall–Kier alpha value is -3.38. The fourth-order valence-electron chi connectivity index (χ4n) is 3.07. The number of benzene rings is 3.